The summed E-state index contributed by atoms with van der Waals surface area (Å²) in [6, 6.07) is 0. The van der Waals surface area contributed by atoms with Crippen molar-refractivity contribution in [2.24, 2.45) is 4.99 Å². The van der Waals surface area contributed by atoms with Crippen molar-refractivity contribution in [1.82, 2.24) is 0 Å². The van der Waals surface area contributed by atoms with E-state index >= 15 is 0 Å². The van der Waals surface area contributed by atoms with Crippen LogP contribution in [0.15, 0.2) is 30.6 Å². The van der Waals surface area contributed by atoms with E-state index in [-0.39, 0.29) is 0 Å². The van der Waals surface area contributed by atoms with Crippen LogP contribution in [-0.4, -0.2) is 5.90 Å². The minimum Gasteiger partial charge on any atom is -0.451 e. The number of hydrogen-bond donors (Lipinski definition) is 0. The molecule has 0 saturated heterocycles. The van der Waals surface area contributed by atoms with Crippen LogP contribution in [0.25, 0.3) is 0 Å². The quantitative estimate of drug-likeness (QED) is 0.269. The van der Waals surface area contributed by atoms with Gasteiger partial charge in [0.1, 0.15) is 0 Å². The SMILES string of the molecule is C=CN=C(CCCCC)OC=C.CC. The van der Waals surface area contributed by atoms with Crippen molar-refractivity contribution in [3.8, 4) is 0 Å². The van der Waals surface area contributed by atoms with Crippen molar-refractivity contribution in [3.63, 3.8) is 0 Å². The number of nitrogens with zero attached hydrogens (tertiary/aromatic N) is 1. The molecule has 0 bridgehead atoms. The Morgan fingerprint density at radius 3 is 2.36 bits per heavy atom. The van der Waals surface area contributed by atoms with E-state index in [9.17, 15) is 0 Å². The van der Waals surface area contributed by atoms with E-state index in [1.54, 1.807) is 0 Å². The summed E-state index contributed by atoms with van der Waals surface area (Å²) in [7, 11) is 0. The Morgan fingerprint density at radius 2 is 1.93 bits per heavy atom. The summed E-state index contributed by atoms with van der Waals surface area (Å²) in [4.78, 5) is 3.97. The molecule has 0 aromatic heterocycles. The van der Waals surface area contributed by atoms with Crippen LogP contribution in [0.1, 0.15) is 46.5 Å². The molecule has 0 aliphatic carbocycles. The lowest BCUT2D eigenvalue weighted by atomic mass is 10.2. The molecule has 0 aliphatic heterocycles. The lowest BCUT2D eigenvalue weighted by Gasteiger charge is -2.02. The Hall–Kier alpha value is -1.05. The second-order valence-electron chi connectivity index (χ2n) is 2.45. The number of unbranched alkanes of at least 4 members (excludes halogenated alkanes) is 2. The van der Waals surface area contributed by atoms with E-state index in [4.69, 9.17) is 4.74 Å². The average molecular weight is 197 g/mol. The zero-order valence-corrected chi connectivity index (χ0v) is 9.75. The van der Waals surface area contributed by atoms with Crippen molar-refractivity contribution in [1.29, 1.82) is 0 Å². The van der Waals surface area contributed by atoms with Crippen LogP contribution in [0.2, 0.25) is 0 Å². The summed E-state index contributed by atoms with van der Waals surface area (Å²) in [5.41, 5.74) is 0. The molecule has 14 heavy (non-hydrogen) atoms. The zero-order valence-electron chi connectivity index (χ0n) is 9.75. The van der Waals surface area contributed by atoms with Gasteiger partial charge < -0.3 is 4.74 Å². The highest BCUT2D eigenvalue weighted by atomic mass is 16.5. The molecular weight excluding hydrogens is 174 g/mol. The molecule has 0 aromatic rings. The molecule has 0 unspecified atom stereocenters. The van der Waals surface area contributed by atoms with Gasteiger partial charge in [0.25, 0.3) is 0 Å². The van der Waals surface area contributed by atoms with E-state index < -0.39 is 0 Å². The summed E-state index contributed by atoms with van der Waals surface area (Å²) >= 11 is 0. The summed E-state index contributed by atoms with van der Waals surface area (Å²) in [5, 5.41) is 0. The zero-order chi connectivity index (χ0) is 11.2. The molecule has 0 N–H and O–H groups in total. The summed E-state index contributed by atoms with van der Waals surface area (Å²) in [6.07, 6.45) is 7.27. The minimum atomic E-state index is 0.702. The highest BCUT2D eigenvalue weighted by Crippen LogP contribution is 2.02. The molecule has 0 rings (SSSR count). The van der Waals surface area contributed by atoms with Crippen LogP contribution in [0, 0.1) is 0 Å². The average Bonchev–Trinajstić information content (AvgIpc) is 2.22. The topological polar surface area (TPSA) is 21.6 Å². The molecule has 0 aromatic carbocycles. The summed E-state index contributed by atoms with van der Waals surface area (Å²) < 4.78 is 5.07. The van der Waals surface area contributed by atoms with Gasteiger partial charge >= 0.3 is 0 Å². The predicted molar refractivity (Wildman–Crippen MR) is 64.4 cm³/mol. The third kappa shape index (κ3) is 11.0. The number of ether oxygens (including phenoxy) is 1. The standard InChI is InChI=1S/C10H17NO.C2H6/c1-4-7-8-9-10(11-5-2)12-6-3;1-2/h5-6H,2-4,7-9H2,1H3;1-2H3. The van der Waals surface area contributed by atoms with Crippen LogP contribution in [0.5, 0.6) is 0 Å². The maximum Gasteiger partial charge on any atom is 0.193 e. The fourth-order valence-electron chi connectivity index (χ4n) is 0.878. The molecule has 0 radical (unpaired) electrons. The fourth-order valence-corrected chi connectivity index (χ4v) is 0.878. The first kappa shape index (κ1) is 15.4. The Kier molecular flexibility index (Phi) is 15.9. The molecule has 0 spiro atoms. The van der Waals surface area contributed by atoms with Gasteiger partial charge in [-0.25, -0.2) is 4.99 Å². The smallest absolute Gasteiger partial charge is 0.193 e. The lowest BCUT2D eigenvalue weighted by molar-refractivity contribution is 0.453. The Morgan fingerprint density at radius 1 is 1.29 bits per heavy atom. The number of rotatable bonds is 6. The number of aliphatic imine (C=N–C) groups is 1. The van der Waals surface area contributed by atoms with Crippen LogP contribution < -0.4 is 0 Å². The molecule has 82 valence electrons. The van der Waals surface area contributed by atoms with Crippen molar-refractivity contribution < 1.29 is 4.74 Å². The third-order valence-electron chi connectivity index (χ3n) is 1.45. The molecule has 0 aliphatic rings. The van der Waals surface area contributed by atoms with E-state index in [0.29, 0.717) is 5.90 Å². The Balaban J connectivity index is 0. The van der Waals surface area contributed by atoms with Crippen LogP contribution in [0.3, 0.4) is 0 Å². The largest absolute Gasteiger partial charge is 0.451 e. The first-order valence-corrected chi connectivity index (χ1v) is 5.30. The van der Waals surface area contributed by atoms with Gasteiger partial charge in [-0.3, -0.25) is 0 Å². The van der Waals surface area contributed by atoms with Crippen molar-refractivity contribution in [2.75, 3.05) is 0 Å². The Bertz CT molecular complexity index is 162. The van der Waals surface area contributed by atoms with Gasteiger partial charge in [0.05, 0.1) is 6.26 Å². The first-order chi connectivity index (χ1) is 6.85. The van der Waals surface area contributed by atoms with Crippen LogP contribution in [-0.2, 0) is 4.74 Å². The second-order valence-corrected chi connectivity index (χ2v) is 2.45. The van der Waals surface area contributed by atoms with E-state index in [1.165, 1.54) is 25.3 Å². The second kappa shape index (κ2) is 14.5. The van der Waals surface area contributed by atoms with Gasteiger partial charge in [-0.05, 0) is 6.42 Å². The molecule has 2 heteroatoms. The van der Waals surface area contributed by atoms with Crippen molar-refractivity contribution >= 4 is 5.90 Å². The van der Waals surface area contributed by atoms with Gasteiger partial charge in [-0.15, -0.1) is 0 Å². The first-order valence-electron chi connectivity index (χ1n) is 5.30. The van der Waals surface area contributed by atoms with Crippen LogP contribution >= 0.6 is 0 Å². The summed E-state index contributed by atoms with van der Waals surface area (Å²) in [6.45, 7) is 13.1. The monoisotopic (exact) mass is 197 g/mol. The molecule has 0 atom stereocenters. The predicted octanol–water partition coefficient (Wildman–Crippen LogP) is 4.30. The van der Waals surface area contributed by atoms with Gasteiger partial charge in [-0.2, -0.15) is 0 Å². The van der Waals surface area contributed by atoms with E-state index in [0.717, 1.165) is 12.8 Å². The van der Waals surface area contributed by atoms with Gasteiger partial charge in [0, 0.05) is 12.6 Å². The van der Waals surface area contributed by atoms with Crippen LogP contribution in [0.4, 0.5) is 0 Å². The lowest BCUT2D eigenvalue weighted by Crippen LogP contribution is -1.99. The highest BCUT2D eigenvalue weighted by Gasteiger charge is 1.96. The molecular formula is C12H23NO. The molecule has 0 amide bonds. The fraction of sp³-hybridized carbons (Fsp3) is 0.583. The normalized spacial score (nSPS) is 9.79. The maximum absolute atomic E-state index is 5.07. The van der Waals surface area contributed by atoms with Crippen molar-refractivity contribution in [3.05, 3.63) is 25.6 Å². The van der Waals surface area contributed by atoms with E-state index in [2.05, 4.69) is 25.1 Å². The Labute approximate surface area is 88.4 Å². The van der Waals surface area contributed by atoms with Gasteiger partial charge in [0.2, 0.25) is 0 Å². The van der Waals surface area contributed by atoms with E-state index in [1.807, 2.05) is 13.8 Å². The molecule has 0 heterocycles. The molecule has 2 nitrogen and oxygen atoms in total. The highest BCUT2D eigenvalue weighted by molar-refractivity contribution is 5.77. The summed E-state index contributed by atoms with van der Waals surface area (Å²) in [5.74, 6) is 0.702. The minimum absolute atomic E-state index is 0.702. The van der Waals surface area contributed by atoms with Gasteiger partial charge in [-0.1, -0.05) is 46.8 Å². The van der Waals surface area contributed by atoms with Crippen molar-refractivity contribution in [2.45, 2.75) is 46.5 Å². The molecule has 0 fully saturated rings. The molecule has 0 saturated carbocycles. The maximum atomic E-state index is 5.07. The van der Waals surface area contributed by atoms with Gasteiger partial charge in [0.15, 0.2) is 5.90 Å². The third-order valence-corrected chi connectivity index (χ3v) is 1.45. The number of hydrogen-bond acceptors (Lipinski definition) is 2.